The van der Waals surface area contributed by atoms with E-state index in [1.165, 1.54) is 11.8 Å². The van der Waals surface area contributed by atoms with Crippen LogP contribution in [0.2, 0.25) is 5.02 Å². The Morgan fingerprint density at radius 1 is 1.21 bits per heavy atom. The van der Waals surface area contributed by atoms with Crippen LogP contribution in [0.1, 0.15) is 22.8 Å². The Bertz CT molecular complexity index is 782. The fourth-order valence-electron chi connectivity index (χ4n) is 2.20. The van der Waals surface area contributed by atoms with Gasteiger partial charge >= 0.3 is 0 Å². The largest absolute Gasteiger partial charge is 0.350 e. The molecule has 0 fully saturated rings. The van der Waals surface area contributed by atoms with Crippen molar-refractivity contribution in [2.45, 2.75) is 6.92 Å². The molecule has 2 amide bonds. The van der Waals surface area contributed by atoms with Crippen LogP contribution >= 0.6 is 11.6 Å². The first-order chi connectivity index (χ1) is 11.5. The molecule has 0 atom stereocenters. The molecule has 0 saturated heterocycles. The van der Waals surface area contributed by atoms with E-state index in [0.29, 0.717) is 28.4 Å². The SMILES string of the molecule is CC(=O)N(CCNC(=O)c1ccc(Cl)cc1)c1cccc(C#N)c1. The van der Waals surface area contributed by atoms with Crippen molar-refractivity contribution in [3.8, 4) is 6.07 Å². The molecule has 1 N–H and O–H groups in total. The van der Waals surface area contributed by atoms with E-state index in [-0.39, 0.29) is 18.4 Å². The number of halogens is 1. The van der Waals surface area contributed by atoms with Crippen LogP contribution < -0.4 is 10.2 Å². The first-order valence-electron chi connectivity index (χ1n) is 7.33. The average molecular weight is 342 g/mol. The van der Waals surface area contributed by atoms with Crippen LogP contribution in [0.3, 0.4) is 0 Å². The number of rotatable bonds is 5. The highest BCUT2D eigenvalue weighted by Gasteiger charge is 2.12. The normalized spacial score (nSPS) is 9.88. The number of carbonyl (C=O) groups is 2. The molecule has 0 heterocycles. The Balaban J connectivity index is 1.99. The molecule has 0 spiro atoms. The van der Waals surface area contributed by atoms with Crippen LogP contribution in [0.15, 0.2) is 48.5 Å². The van der Waals surface area contributed by atoms with Crippen molar-refractivity contribution in [2.24, 2.45) is 0 Å². The predicted molar refractivity (Wildman–Crippen MR) is 93.0 cm³/mol. The van der Waals surface area contributed by atoms with Gasteiger partial charge in [0, 0.05) is 36.3 Å². The van der Waals surface area contributed by atoms with E-state index >= 15 is 0 Å². The molecule has 2 rings (SSSR count). The molecular formula is C18H16ClN3O2. The predicted octanol–water partition coefficient (Wildman–Crippen LogP) is 2.99. The highest BCUT2D eigenvalue weighted by molar-refractivity contribution is 6.30. The molecular weight excluding hydrogens is 326 g/mol. The van der Waals surface area contributed by atoms with Crippen LogP contribution in [0, 0.1) is 11.3 Å². The van der Waals surface area contributed by atoms with Crippen molar-refractivity contribution in [1.82, 2.24) is 5.32 Å². The van der Waals surface area contributed by atoms with E-state index in [4.69, 9.17) is 16.9 Å². The van der Waals surface area contributed by atoms with Crippen LogP contribution in [-0.4, -0.2) is 24.9 Å². The minimum Gasteiger partial charge on any atom is -0.350 e. The van der Waals surface area contributed by atoms with E-state index in [1.807, 2.05) is 6.07 Å². The van der Waals surface area contributed by atoms with E-state index in [2.05, 4.69) is 5.32 Å². The summed E-state index contributed by atoms with van der Waals surface area (Å²) in [5.74, 6) is -0.397. The first kappa shape index (κ1) is 17.5. The summed E-state index contributed by atoms with van der Waals surface area (Å²) in [6.07, 6.45) is 0. The van der Waals surface area contributed by atoms with Crippen molar-refractivity contribution >= 4 is 29.1 Å². The Hall–Kier alpha value is -2.84. The van der Waals surface area contributed by atoms with Crippen LogP contribution in [0.5, 0.6) is 0 Å². The zero-order valence-corrected chi connectivity index (χ0v) is 13.9. The maximum absolute atomic E-state index is 12.0. The first-order valence-corrected chi connectivity index (χ1v) is 7.71. The van der Waals surface area contributed by atoms with E-state index in [0.717, 1.165) is 0 Å². The average Bonchev–Trinajstić information content (AvgIpc) is 2.58. The van der Waals surface area contributed by atoms with Crippen molar-refractivity contribution < 1.29 is 9.59 Å². The minimum absolute atomic E-state index is 0.161. The monoisotopic (exact) mass is 341 g/mol. The Morgan fingerprint density at radius 3 is 2.54 bits per heavy atom. The molecule has 0 saturated carbocycles. The molecule has 0 unspecified atom stereocenters. The van der Waals surface area contributed by atoms with Gasteiger partial charge in [0.05, 0.1) is 11.6 Å². The van der Waals surface area contributed by atoms with Crippen LogP contribution in [-0.2, 0) is 4.79 Å². The van der Waals surface area contributed by atoms with Crippen molar-refractivity contribution in [3.63, 3.8) is 0 Å². The lowest BCUT2D eigenvalue weighted by molar-refractivity contribution is -0.116. The van der Waals surface area contributed by atoms with Gasteiger partial charge in [-0.05, 0) is 42.5 Å². The zero-order valence-electron chi connectivity index (χ0n) is 13.1. The maximum Gasteiger partial charge on any atom is 0.251 e. The minimum atomic E-state index is -0.235. The molecule has 0 aliphatic carbocycles. The smallest absolute Gasteiger partial charge is 0.251 e. The van der Waals surface area contributed by atoms with Crippen LogP contribution in [0.4, 0.5) is 5.69 Å². The van der Waals surface area contributed by atoms with Gasteiger partial charge in [-0.3, -0.25) is 9.59 Å². The van der Waals surface area contributed by atoms with E-state index < -0.39 is 0 Å². The van der Waals surface area contributed by atoms with Gasteiger partial charge in [0.1, 0.15) is 0 Å². The number of carbonyl (C=O) groups excluding carboxylic acids is 2. The van der Waals surface area contributed by atoms with Gasteiger partial charge < -0.3 is 10.2 Å². The van der Waals surface area contributed by atoms with Crippen LogP contribution in [0.25, 0.3) is 0 Å². The third-order valence-corrected chi connectivity index (χ3v) is 3.65. The standard InChI is InChI=1S/C18H16ClN3O2/c1-13(23)22(17-4-2-3-14(11-17)12-20)10-9-21-18(24)15-5-7-16(19)8-6-15/h2-8,11H,9-10H2,1H3,(H,21,24). The quantitative estimate of drug-likeness (QED) is 0.908. The summed E-state index contributed by atoms with van der Waals surface area (Å²) in [4.78, 5) is 25.4. The fourth-order valence-corrected chi connectivity index (χ4v) is 2.32. The van der Waals surface area contributed by atoms with Gasteiger partial charge in [-0.2, -0.15) is 5.26 Å². The second-order valence-electron chi connectivity index (χ2n) is 5.10. The third-order valence-electron chi connectivity index (χ3n) is 3.39. The lowest BCUT2D eigenvalue weighted by Gasteiger charge is -2.21. The van der Waals surface area contributed by atoms with E-state index in [1.54, 1.807) is 48.5 Å². The molecule has 5 nitrogen and oxygen atoms in total. The summed E-state index contributed by atoms with van der Waals surface area (Å²) >= 11 is 5.79. The molecule has 6 heteroatoms. The van der Waals surface area contributed by atoms with Gasteiger partial charge in [-0.25, -0.2) is 0 Å². The Kier molecular flexibility index (Phi) is 5.94. The maximum atomic E-state index is 12.0. The zero-order chi connectivity index (χ0) is 17.5. The van der Waals surface area contributed by atoms with Gasteiger partial charge in [0.2, 0.25) is 5.91 Å². The number of nitrogens with one attached hydrogen (secondary N) is 1. The Labute approximate surface area is 145 Å². The number of hydrogen-bond donors (Lipinski definition) is 1. The summed E-state index contributed by atoms with van der Waals surface area (Å²) in [7, 11) is 0. The molecule has 0 radical (unpaired) electrons. The van der Waals surface area contributed by atoms with Crippen molar-refractivity contribution in [1.29, 1.82) is 5.26 Å². The van der Waals surface area contributed by atoms with Crippen molar-refractivity contribution in [2.75, 3.05) is 18.0 Å². The third kappa shape index (κ3) is 4.58. The lowest BCUT2D eigenvalue weighted by atomic mass is 10.2. The summed E-state index contributed by atoms with van der Waals surface area (Å²) in [6, 6.07) is 15.4. The lowest BCUT2D eigenvalue weighted by Crippen LogP contribution is -2.37. The van der Waals surface area contributed by atoms with Gasteiger partial charge in [0.15, 0.2) is 0 Å². The molecule has 24 heavy (non-hydrogen) atoms. The number of amides is 2. The number of hydrogen-bond acceptors (Lipinski definition) is 3. The Morgan fingerprint density at radius 2 is 1.92 bits per heavy atom. The summed E-state index contributed by atoms with van der Waals surface area (Å²) in [6.45, 7) is 2.04. The van der Waals surface area contributed by atoms with E-state index in [9.17, 15) is 9.59 Å². The number of nitriles is 1. The second-order valence-corrected chi connectivity index (χ2v) is 5.53. The molecule has 2 aromatic rings. The van der Waals surface area contributed by atoms with Crippen molar-refractivity contribution in [3.05, 3.63) is 64.7 Å². The van der Waals surface area contributed by atoms with Gasteiger partial charge in [0.25, 0.3) is 5.91 Å². The number of anilines is 1. The molecule has 2 aromatic carbocycles. The molecule has 0 aliphatic rings. The highest BCUT2D eigenvalue weighted by Crippen LogP contribution is 2.16. The fraction of sp³-hybridized carbons (Fsp3) is 0.167. The van der Waals surface area contributed by atoms with Gasteiger partial charge in [-0.1, -0.05) is 17.7 Å². The summed E-state index contributed by atoms with van der Waals surface area (Å²) in [5.41, 5.74) is 1.60. The molecule has 0 aliphatic heterocycles. The molecule has 0 aromatic heterocycles. The number of nitrogens with zero attached hydrogens (tertiary/aromatic N) is 2. The highest BCUT2D eigenvalue weighted by atomic mass is 35.5. The molecule has 0 bridgehead atoms. The topological polar surface area (TPSA) is 73.2 Å². The number of benzene rings is 2. The summed E-state index contributed by atoms with van der Waals surface area (Å²) in [5, 5.41) is 12.3. The van der Waals surface area contributed by atoms with Gasteiger partial charge in [-0.15, -0.1) is 0 Å². The second kappa shape index (κ2) is 8.14. The summed E-state index contributed by atoms with van der Waals surface area (Å²) < 4.78 is 0. The molecule has 122 valence electrons.